The number of piperidine rings is 1. The molecule has 11 nitrogen and oxygen atoms in total. The number of carbonyl (C=O) groups is 1. The van der Waals surface area contributed by atoms with Crippen LogP contribution >= 0.6 is 0 Å². The molecule has 1 aromatic heterocycles. The number of ketones is 1. The van der Waals surface area contributed by atoms with Crippen molar-refractivity contribution in [3.63, 3.8) is 0 Å². The average Bonchev–Trinajstić information content (AvgIpc) is 2.85. The van der Waals surface area contributed by atoms with E-state index in [-0.39, 0.29) is 34.9 Å². The Bertz CT molecular complexity index is 1210. The van der Waals surface area contributed by atoms with Gasteiger partial charge in [0.15, 0.2) is 11.6 Å². The van der Waals surface area contributed by atoms with Gasteiger partial charge in [0.05, 0.1) is 24.5 Å². The Hall–Kier alpha value is -2.94. The van der Waals surface area contributed by atoms with Gasteiger partial charge >= 0.3 is 0 Å². The van der Waals surface area contributed by atoms with Gasteiger partial charge in [0, 0.05) is 31.9 Å². The molecule has 0 amide bonds. The molecule has 2 heterocycles. The molecule has 1 aliphatic rings. The van der Waals surface area contributed by atoms with E-state index in [1.165, 1.54) is 11.4 Å². The third-order valence-corrected chi connectivity index (χ3v) is 7.90. The van der Waals surface area contributed by atoms with Gasteiger partial charge in [-0.2, -0.15) is 4.98 Å². The molecule has 5 N–H and O–H groups in total. The highest BCUT2D eigenvalue weighted by molar-refractivity contribution is 7.89. The van der Waals surface area contributed by atoms with Crippen molar-refractivity contribution >= 4 is 27.6 Å². The fourth-order valence-electron chi connectivity index (χ4n) is 3.97. The molecule has 14 heteroatoms. The average molecular weight is 543 g/mol. The van der Waals surface area contributed by atoms with Gasteiger partial charge < -0.3 is 26.2 Å². The highest BCUT2D eigenvalue weighted by atomic mass is 32.2. The molecule has 1 saturated heterocycles. The van der Waals surface area contributed by atoms with Crippen molar-refractivity contribution in [3.05, 3.63) is 41.1 Å². The lowest BCUT2D eigenvalue weighted by atomic mass is 10.0. The summed E-state index contributed by atoms with van der Waals surface area (Å²) in [6.45, 7) is 3.21. The minimum absolute atomic E-state index is 0.0176. The van der Waals surface area contributed by atoms with Crippen molar-refractivity contribution in [2.24, 2.45) is 0 Å². The Balaban J connectivity index is 1.57. The van der Waals surface area contributed by atoms with Gasteiger partial charge in [-0.1, -0.05) is 0 Å². The van der Waals surface area contributed by atoms with Crippen molar-refractivity contribution in [1.82, 2.24) is 19.6 Å². The molecule has 0 radical (unpaired) electrons. The van der Waals surface area contributed by atoms with Crippen molar-refractivity contribution in [1.29, 1.82) is 0 Å². The fraction of sp³-hybridized carbons (Fsp3) is 0.522. The quantitative estimate of drug-likeness (QED) is 0.226. The van der Waals surface area contributed by atoms with Crippen molar-refractivity contribution in [3.8, 4) is 5.75 Å². The maximum absolute atomic E-state index is 14.3. The lowest BCUT2D eigenvalue weighted by Gasteiger charge is -2.31. The number of aliphatic hydroxyl groups excluding tert-OH is 1. The first-order valence-corrected chi connectivity index (χ1v) is 13.5. The predicted octanol–water partition coefficient (Wildman–Crippen LogP) is 1.14. The Morgan fingerprint density at radius 1 is 1.32 bits per heavy atom. The van der Waals surface area contributed by atoms with E-state index in [1.54, 1.807) is 6.92 Å². The monoisotopic (exact) mass is 542 g/mol. The number of hydrogen-bond acceptors (Lipinski definition) is 10. The van der Waals surface area contributed by atoms with Crippen LogP contribution in [0.15, 0.2) is 18.3 Å². The molecule has 0 saturated carbocycles. The highest BCUT2D eigenvalue weighted by Gasteiger charge is 2.29. The number of nitrogens with zero attached hydrogens (tertiary/aromatic N) is 3. The Morgan fingerprint density at radius 2 is 2.03 bits per heavy atom. The molecule has 37 heavy (non-hydrogen) atoms. The largest absolute Gasteiger partial charge is 0.496 e. The van der Waals surface area contributed by atoms with E-state index in [9.17, 15) is 27.1 Å². The summed E-state index contributed by atoms with van der Waals surface area (Å²) in [5, 5.41) is 15.3. The van der Waals surface area contributed by atoms with Crippen LogP contribution in [0.1, 0.15) is 42.1 Å². The van der Waals surface area contributed by atoms with Crippen LogP contribution in [0.3, 0.4) is 0 Å². The number of ether oxygens (including phenoxy) is 1. The Morgan fingerprint density at radius 3 is 2.65 bits per heavy atom. The summed E-state index contributed by atoms with van der Waals surface area (Å²) in [4.78, 5) is 21.0. The van der Waals surface area contributed by atoms with Crippen LogP contribution in [0.2, 0.25) is 0 Å². The third kappa shape index (κ3) is 7.31. The zero-order valence-corrected chi connectivity index (χ0v) is 21.5. The summed E-state index contributed by atoms with van der Waals surface area (Å²) in [7, 11) is -2.17. The molecule has 0 bridgehead atoms. The summed E-state index contributed by atoms with van der Waals surface area (Å²) in [5.74, 6) is -3.71. The van der Waals surface area contributed by atoms with E-state index in [0.29, 0.717) is 45.4 Å². The second-order valence-corrected chi connectivity index (χ2v) is 10.9. The Labute approximate surface area is 214 Å². The van der Waals surface area contributed by atoms with Crippen LogP contribution < -0.4 is 21.1 Å². The van der Waals surface area contributed by atoms with Crippen molar-refractivity contribution in [2.45, 2.75) is 38.3 Å². The first-order chi connectivity index (χ1) is 17.5. The number of anilines is 2. The molecule has 204 valence electrons. The second-order valence-electron chi connectivity index (χ2n) is 8.80. The number of methoxy groups -OCH3 is 1. The van der Waals surface area contributed by atoms with E-state index < -0.39 is 39.1 Å². The summed E-state index contributed by atoms with van der Waals surface area (Å²) in [5.41, 5.74) is 5.12. The number of hydrogen-bond donors (Lipinski definition) is 4. The third-order valence-electron chi connectivity index (χ3n) is 5.94. The van der Waals surface area contributed by atoms with E-state index in [2.05, 4.69) is 20.6 Å². The number of aromatic nitrogens is 2. The van der Waals surface area contributed by atoms with E-state index in [0.717, 1.165) is 18.3 Å². The molecule has 2 aromatic rings. The van der Waals surface area contributed by atoms with Gasteiger partial charge in [-0.05, 0) is 44.9 Å². The van der Waals surface area contributed by atoms with Gasteiger partial charge in [-0.25, -0.2) is 26.5 Å². The normalized spacial score (nSPS) is 15.9. The van der Waals surface area contributed by atoms with E-state index in [4.69, 9.17) is 10.5 Å². The van der Waals surface area contributed by atoms with Gasteiger partial charge in [-0.3, -0.25) is 4.79 Å². The fourth-order valence-corrected chi connectivity index (χ4v) is 5.50. The topological polar surface area (TPSA) is 160 Å². The minimum atomic E-state index is -3.39. The Kier molecular flexibility index (Phi) is 9.70. The molecule has 0 aliphatic carbocycles. The molecule has 1 aliphatic heterocycles. The maximum atomic E-state index is 14.3. The number of benzene rings is 1. The number of rotatable bonds is 12. The predicted molar refractivity (Wildman–Crippen MR) is 134 cm³/mol. The first-order valence-electron chi connectivity index (χ1n) is 11.9. The number of nitrogen functional groups attached to an aromatic ring is 1. The summed E-state index contributed by atoms with van der Waals surface area (Å²) < 4.78 is 59.7. The van der Waals surface area contributed by atoms with Crippen molar-refractivity contribution in [2.75, 3.05) is 50.1 Å². The van der Waals surface area contributed by atoms with Crippen LogP contribution in [0.25, 0.3) is 0 Å². The molecule has 0 spiro atoms. The van der Waals surface area contributed by atoms with Crippen LogP contribution in [0, 0.1) is 11.6 Å². The summed E-state index contributed by atoms with van der Waals surface area (Å²) in [6, 6.07) is 1.87. The first kappa shape index (κ1) is 28.6. The molecular weight excluding hydrogens is 510 g/mol. The summed E-state index contributed by atoms with van der Waals surface area (Å²) >= 11 is 0. The number of nitrogens with one attached hydrogen (secondary N) is 2. The second kappa shape index (κ2) is 12.5. The SMILES string of the molecule is COc1ccc(F)c(F)c1C(=O)c1cnc(NC2CCN(S(=O)(=O)CCCNCC(C)O)CC2)nc1N. The molecule has 1 fully saturated rings. The van der Waals surface area contributed by atoms with Crippen molar-refractivity contribution < 1.29 is 31.8 Å². The zero-order chi connectivity index (χ0) is 27.2. The molecule has 1 atom stereocenters. The smallest absolute Gasteiger partial charge is 0.224 e. The number of sulfonamides is 1. The maximum Gasteiger partial charge on any atom is 0.224 e. The van der Waals surface area contributed by atoms with Gasteiger partial charge in [0.25, 0.3) is 0 Å². The van der Waals surface area contributed by atoms with Crippen LogP contribution in [-0.4, -0.2) is 84.8 Å². The lowest BCUT2D eigenvalue weighted by Crippen LogP contribution is -2.43. The molecular formula is C23H32F2N6O5S. The molecule has 3 rings (SSSR count). The zero-order valence-electron chi connectivity index (χ0n) is 20.7. The van der Waals surface area contributed by atoms with Gasteiger partial charge in [-0.15, -0.1) is 0 Å². The van der Waals surface area contributed by atoms with E-state index in [1.807, 2.05) is 0 Å². The van der Waals surface area contributed by atoms with Crippen LogP contribution in [0.4, 0.5) is 20.5 Å². The number of carbonyl (C=O) groups excluding carboxylic acids is 1. The highest BCUT2D eigenvalue weighted by Crippen LogP contribution is 2.28. The summed E-state index contributed by atoms with van der Waals surface area (Å²) in [6.07, 6.45) is 2.10. The number of halogens is 2. The minimum Gasteiger partial charge on any atom is -0.496 e. The van der Waals surface area contributed by atoms with Crippen LogP contribution in [0.5, 0.6) is 5.75 Å². The molecule has 1 aromatic carbocycles. The van der Waals surface area contributed by atoms with E-state index >= 15 is 0 Å². The van der Waals surface area contributed by atoms with Gasteiger partial charge in [0.2, 0.25) is 21.8 Å². The number of nitrogens with two attached hydrogens (primary N) is 1. The van der Waals surface area contributed by atoms with Crippen LogP contribution in [-0.2, 0) is 10.0 Å². The van der Waals surface area contributed by atoms with Gasteiger partial charge in [0.1, 0.15) is 17.1 Å². The lowest BCUT2D eigenvalue weighted by molar-refractivity contribution is 0.103. The standard InChI is InChI=1S/C23H32F2N6O5S/c1-14(32)12-27-8-3-11-37(34,35)31-9-6-15(7-10-31)29-23-28-13-16(22(26)30-23)21(33)19-18(36-2)5-4-17(24)20(19)25/h4-5,13-15,27,32H,3,6-12H2,1-2H3,(H3,26,28,29,30). The molecule has 1 unspecified atom stereocenters. The number of aliphatic hydroxyl groups is 1.